The molecule has 0 bridgehead atoms. The van der Waals surface area contributed by atoms with Crippen molar-refractivity contribution in [3.63, 3.8) is 0 Å². The molecule has 0 saturated heterocycles. The van der Waals surface area contributed by atoms with Gasteiger partial charge in [0, 0.05) is 5.54 Å². The first-order chi connectivity index (χ1) is 4.31. The second kappa shape index (κ2) is 5.45. The molecular weight excluding hydrogens is 136 g/mol. The third kappa shape index (κ3) is 5.18. The van der Waals surface area contributed by atoms with Crippen LogP contribution in [-0.2, 0) is 0 Å². The van der Waals surface area contributed by atoms with Gasteiger partial charge in [0.15, 0.2) is 0 Å². The van der Waals surface area contributed by atoms with Gasteiger partial charge in [-0.05, 0) is 19.1 Å². The Labute approximate surface area is 60.0 Å². The van der Waals surface area contributed by atoms with Gasteiger partial charge in [-0.3, -0.25) is 0 Å². The molecule has 0 heterocycles. The molecule has 0 amide bonds. The highest BCUT2D eigenvalue weighted by Crippen LogP contribution is 1.95. The fraction of sp³-hybridized carbons (Fsp3) is 0.143. The van der Waals surface area contributed by atoms with Crippen molar-refractivity contribution in [1.82, 2.24) is 0 Å². The lowest BCUT2D eigenvalue weighted by molar-refractivity contribution is 0.473. The van der Waals surface area contributed by atoms with Gasteiger partial charge >= 0.3 is 0 Å². The number of hydrogen-bond donors (Lipinski definition) is 1. The lowest BCUT2D eigenvalue weighted by atomic mass is 10.3. The summed E-state index contributed by atoms with van der Waals surface area (Å²) < 4.78 is 0. The van der Waals surface area contributed by atoms with Crippen molar-refractivity contribution in [2.45, 2.75) is 6.92 Å². The first kappa shape index (κ1) is 8.31. The first-order valence-electron chi connectivity index (χ1n) is 2.55. The van der Waals surface area contributed by atoms with E-state index in [4.69, 9.17) is 16.7 Å². The average molecular weight is 145 g/mol. The Kier molecular flexibility index (Phi) is 5.03. The van der Waals surface area contributed by atoms with Gasteiger partial charge in [0.25, 0.3) is 0 Å². The molecule has 0 aromatic heterocycles. The van der Waals surface area contributed by atoms with E-state index in [1.807, 2.05) is 6.92 Å². The molecule has 0 rings (SSSR count). The van der Waals surface area contributed by atoms with E-state index in [2.05, 4.69) is 0 Å². The van der Waals surface area contributed by atoms with Crippen LogP contribution in [0.5, 0.6) is 0 Å². The van der Waals surface area contributed by atoms with E-state index in [0.29, 0.717) is 0 Å². The standard InChI is InChI=1S/C7H9ClO/c1-7(4-5-8)3-2-6-9/h2-6,9H,1H3/b5-4+,6-2+,7-3-. The molecule has 50 valence electrons. The lowest BCUT2D eigenvalue weighted by Crippen LogP contribution is -1.62. The van der Waals surface area contributed by atoms with E-state index >= 15 is 0 Å². The smallest absolute Gasteiger partial charge is 0.0791 e. The van der Waals surface area contributed by atoms with Crippen molar-refractivity contribution in [2.24, 2.45) is 0 Å². The third-order valence-corrected chi connectivity index (χ3v) is 0.897. The fourth-order valence-electron chi connectivity index (χ4n) is 0.350. The minimum absolute atomic E-state index is 0.978. The van der Waals surface area contributed by atoms with Crippen LogP contribution in [0.15, 0.2) is 35.6 Å². The monoisotopic (exact) mass is 144 g/mol. The molecule has 1 nitrogen and oxygen atoms in total. The predicted octanol–water partition coefficient (Wildman–Crippen LogP) is 2.76. The molecule has 1 N–H and O–H groups in total. The van der Waals surface area contributed by atoms with Crippen LogP contribution < -0.4 is 0 Å². The molecule has 0 saturated carbocycles. The van der Waals surface area contributed by atoms with Gasteiger partial charge in [0.05, 0.1) is 6.26 Å². The molecule has 0 aliphatic rings. The Balaban J connectivity index is 3.84. The van der Waals surface area contributed by atoms with E-state index < -0.39 is 0 Å². The molecule has 0 spiro atoms. The Hall–Kier alpha value is -0.690. The molecule has 0 fully saturated rings. The van der Waals surface area contributed by atoms with Gasteiger partial charge in [-0.25, -0.2) is 0 Å². The van der Waals surface area contributed by atoms with Crippen LogP contribution >= 0.6 is 11.6 Å². The largest absolute Gasteiger partial charge is 0.516 e. The Morgan fingerprint density at radius 1 is 1.56 bits per heavy atom. The van der Waals surface area contributed by atoms with E-state index in [9.17, 15) is 0 Å². The normalized spacial score (nSPS) is 13.8. The van der Waals surface area contributed by atoms with Crippen LogP contribution in [0.25, 0.3) is 0 Å². The first-order valence-corrected chi connectivity index (χ1v) is 2.99. The van der Waals surface area contributed by atoms with Crippen molar-refractivity contribution in [3.05, 3.63) is 35.6 Å². The van der Waals surface area contributed by atoms with Crippen LogP contribution in [0.1, 0.15) is 6.92 Å². The van der Waals surface area contributed by atoms with Gasteiger partial charge < -0.3 is 5.11 Å². The number of rotatable bonds is 2. The summed E-state index contributed by atoms with van der Waals surface area (Å²) in [5.74, 6) is 0. The minimum atomic E-state index is 0.978. The second-order valence-corrected chi connectivity index (χ2v) is 1.80. The molecule has 0 aliphatic heterocycles. The van der Waals surface area contributed by atoms with E-state index in [-0.39, 0.29) is 0 Å². The summed E-state index contributed by atoms with van der Waals surface area (Å²) in [5, 5.41) is 8.20. The zero-order valence-electron chi connectivity index (χ0n) is 5.21. The average Bonchev–Trinajstić information content (AvgIpc) is 1.85. The summed E-state index contributed by atoms with van der Waals surface area (Å²) in [4.78, 5) is 0. The van der Waals surface area contributed by atoms with E-state index in [1.165, 1.54) is 11.6 Å². The van der Waals surface area contributed by atoms with Crippen LogP contribution in [0.4, 0.5) is 0 Å². The van der Waals surface area contributed by atoms with Gasteiger partial charge in [-0.15, -0.1) is 0 Å². The maximum absolute atomic E-state index is 8.20. The lowest BCUT2D eigenvalue weighted by Gasteiger charge is -1.82. The van der Waals surface area contributed by atoms with Crippen molar-refractivity contribution in [1.29, 1.82) is 0 Å². The molecule has 0 radical (unpaired) electrons. The summed E-state index contributed by atoms with van der Waals surface area (Å²) in [6.45, 7) is 1.89. The fourth-order valence-corrected chi connectivity index (χ4v) is 0.548. The molecule has 0 aliphatic carbocycles. The van der Waals surface area contributed by atoms with Crippen LogP contribution in [0.2, 0.25) is 0 Å². The van der Waals surface area contributed by atoms with E-state index in [0.717, 1.165) is 11.8 Å². The highest BCUT2D eigenvalue weighted by atomic mass is 35.5. The molecule has 0 atom stereocenters. The van der Waals surface area contributed by atoms with Crippen molar-refractivity contribution in [2.75, 3.05) is 0 Å². The predicted molar refractivity (Wildman–Crippen MR) is 40.5 cm³/mol. The number of aliphatic hydroxyl groups excluding tert-OH is 1. The number of halogens is 1. The van der Waals surface area contributed by atoms with Gasteiger partial charge in [-0.2, -0.15) is 0 Å². The summed E-state index contributed by atoms with van der Waals surface area (Å²) in [6.07, 6.45) is 6.00. The quantitative estimate of drug-likeness (QED) is 0.467. The van der Waals surface area contributed by atoms with Gasteiger partial charge in [-0.1, -0.05) is 23.3 Å². The van der Waals surface area contributed by atoms with Crippen LogP contribution in [-0.4, -0.2) is 5.11 Å². The van der Waals surface area contributed by atoms with E-state index in [1.54, 1.807) is 12.2 Å². The zero-order valence-corrected chi connectivity index (χ0v) is 5.97. The highest BCUT2D eigenvalue weighted by Gasteiger charge is 1.74. The summed E-state index contributed by atoms with van der Waals surface area (Å²) >= 11 is 5.27. The van der Waals surface area contributed by atoms with Gasteiger partial charge in [0.2, 0.25) is 0 Å². The number of hydrogen-bond acceptors (Lipinski definition) is 1. The number of aliphatic hydroxyl groups is 1. The Bertz CT molecular complexity index is 145. The molecular formula is C7H9ClO. The van der Waals surface area contributed by atoms with Crippen LogP contribution in [0, 0.1) is 0 Å². The summed E-state index contributed by atoms with van der Waals surface area (Å²) in [5.41, 5.74) is 2.42. The minimum Gasteiger partial charge on any atom is -0.516 e. The topological polar surface area (TPSA) is 20.2 Å². The highest BCUT2D eigenvalue weighted by molar-refractivity contribution is 6.25. The zero-order chi connectivity index (χ0) is 7.11. The molecule has 9 heavy (non-hydrogen) atoms. The molecule has 0 aromatic rings. The SMILES string of the molecule is CC(=C/C=C/O)/C=C/Cl. The second-order valence-electron chi connectivity index (χ2n) is 1.54. The Morgan fingerprint density at radius 2 is 2.22 bits per heavy atom. The third-order valence-electron chi connectivity index (χ3n) is 0.771. The number of allylic oxidation sites excluding steroid dienone is 4. The molecule has 0 aromatic carbocycles. The Morgan fingerprint density at radius 3 is 2.67 bits per heavy atom. The van der Waals surface area contributed by atoms with Crippen molar-refractivity contribution >= 4 is 11.6 Å². The van der Waals surface area contributed by atoms with Gasteiger partial charge in [0.1, 0.15) is 0 Å². The maximum Gasteiger partial charge on any atom is 0.0791 e. The summed E-state index contributed by atoms with van der Waals surface area (Å²) in [6, 6.07) is 0. The van der Waals surface area contributed by atoms with Crippen LogP contribution in [0.3, 0.4) is 0 Å². The molecule has 0 unspecified atom stereocenters. The van der Waals surface area contributed by atoms with Crippen molar-refractivity contribution in [3.8, 4) is 0 Å². The molecule has 2 heteroatoms. The summed E-state index contributed by atoms with van der Waals surface area (Å²) in [7, 11) is 0. The van der Waals surface area contributed by atoms with Crippen molar-refractivity contribution < 1.29 is 5.11 Å². The maximum atomic E-state index is 8.20.